The number of carbonyl (C=O) groups excluding carboxylic acids is 1. The van der Waals surface area contributed by atoms with Crippen molar-refractivity contribution in [2.45, 2.75) is 25.8 Å². The highest BCUT2D eigenvalue weighted by Gasteiger charge is 2.14. The molecule has 0 fully saturated rings. The number of aliphatic hydroxyl groups is 1. The van der Waals surface area contributed by atoms with E-state index < -0.39 is 6.04 Å². The van der Waals surface area contributed by atoms with Gasteiger partial charge in [0.2, 0.25) is 5.91 Å². The number of hydrogen-bond acceptors (Lipinski definition) is 4. The van der Waals surface area contributed by atoms with Crippen LogP contribution in [0, 0.1) is 11.3 Å². The van der Waals surface area contributed by atoms with Gasteiger partial charge < -0.3 is 15.2 Å². The molecule has 2 aromatic rings. The highest BCUT2D eigenvalue weighted by molar-refractivity contribution is 5.79. The van der Waals surface area contributed by atoms with Gasteiger partial charge in [-0.3, -0.25) is 4.79 Å². The van der Waals surface area contributed by atoms with Crippen molar-refractivity contribution in [1.82, 2.24) is 5.32 Å². The van der Waals surface area contributed by atoms with Crippen LogP contribution in [0.5, 0.6) is 5.75 Å². The zero-order chi connectivity index (χ0) is 18.1. The van der Waals surface area contributed by atoms with Crippen LogP contribution < -0.4 is 10.1 Å². The second-order valence-corrected chi connectivity index (χ2v) is 5.67. The second kappa shape index (κ2) is 9.45. The van der Waals surface area contributed by atoms with Crippen molar-refractivity contribution < 1.29 is 14.6 Å². The monoisotopic (exact) mass is 338 g/mol. The van der Waals surface area contributed by atoms with Gasteiger partial charge in [0.1, 0.15) is 11.8 Å². The fourth-order valence-electron chi connectivity index (χ4n) is 2.51. The molecule has 2 rings (SSSR count). The van der Waals surface area contributed by atoms with E-state index in [2.05, 4.69) is 12.2 Å². The average Bonchev–Trinajstić information content (AvgIpc) is 2.65. The molecule has 1 atom stereocenters. The topological polar surface area (TPSA) is 82.3 Å². The van der Waals surface area contributed by atoms with E-state index in [0.717, 1.165) is 17.5 Å². The Balaban J connectivity index is 1.98. The Kier molecular flexibility index (Phi) is 7.00. The number of nitrogens with one attached hydrogen (secondary N) is 1. The van der Waals surface area contributed by atoms with E-state index in [1.54, 1.807) is 18.2 Å². The van der Waals surface area contributed by atoms with Crippen LogP contribution in [0.1, 0.15) is 29.7 Å². The summed E-state index contributed by atoms with van der Waals surface area (Å²) in [7, 11) is 0. The van der Waals surface area contributed by atoms with Crippen molar-refractivity contribution in [3.8, 4) is 11.8 Å². The normalized spacial score (nSPS) is 11.4. The third-order valence-electron chi connectivity index (χ3n) is 3.87. The van der Waals surface area contributed by atoms with Gasteiger partial charge in [0.15, 0.2) is 6.61 Å². The number of rotatable bonds is 8. The maximum absolute atomic E-state index is 12.3. The Morgan fingerprint density at radius 2 is 2.00 bits per heavy atom. The number of benzene rings is 2. The van der Waals surface area contributed by atoms with Gasteiger partial charge in [0, 0.05) is 0 Å². The Labute approximate surface area is 147 Å². The minimum Gasteiger partial charge on any atom is -0.479 e. The van der Waals surface area contributed by atoms with Crippen molar-refractivity contribution in [3.05, 3.63) is 65.2 Å². The molecule has 0 aliphatic rings. The molecule has 2 aromatic carbocycles. The minimum atomic E-state index is -0.434. The summed E-state index contributed by atoms with van der Waals surface area (Å²) in [6, 6.07) is 16.4. The van der Waals surface area contributed by atoms with Gasteiger partial charge in [-0.25, -0.2) is 0 Å². The summed E-state index contributed by atoms with van der Waals surface area (Å²) in [5, 5.41) is 21.0. The number of aliphatic hydroxyl groups excluding tert-OH is 1. The molecule has 1 unspecified atom stereocenters. The number of carbonyl (C=O) groups is 1. The predicted octanol–water partition coefficient (Wildman–Crippen LogP) is 2.54. The molecule has 5 nitrogen and oxygen atoms in total. The van der Waals surface area contributed by atoms with E-state index >= 15 is 0 Å². The lowest BCUT2D eigenvalue weighted by molar-refractivity contribution is -0.121. The summed E-state index contributed by atoms with van der Waals surface area (Å²) in [6.45, 7) is 1.88. The van der Waals surface area contributed by atoms with Gasteiger partial charge in [0.05, 0.1) is 19.1 Å². The van der Waals surface area contributed by atoms with Crippen LogP contribution in [0.25, 0.3) is 0 Å². The number of nitriles is 1. The molecule has 2 N–H and O–H groups in total. The summed E-state index contributed by atoms with van der Waals surface area (Å²) >= 11 is 0. The first-order chi connectivity index (χ1) is 12.2. The second-order valence-electron chi connectivity index (χ2n) is 5.67. The van der Waals surface area contributed by atoms with Gasteiger partial charge in [0.25, 0.3) is 0 Å². The van der Waals surface area contributed by atoms with Gasteiger partial charge in [-0.15, -0.1) is 0 Å². The van der Waals surface area contributed by atoms with Crippen LogP contribution in [-0.4, -0.2) is 24.2 Å². The number of ether oxygens (including phenoxy) is 1. The summed E-state index contributed by atoms with van der Waals surface area (Å²) in [4.78, 5) is 12.3. The molecule has 1 amide bonds. The fourth-order valence-corrected chi connectivity index (χ4v) is 2.51. The van der Waals surface area contributed by atoms with E-state index in [4.69, 9.17) is 10.00 Å². The van der Waals surface area contributed by atoms with Gasteiger partial charge in [-0.05, 0) is 35.2 Å². The molecule has 0 radical (unpaired) electrons. The Bertz CT molecular complexity index is 735. The molecule has 0 saturated carbocycles. The quantitative estimate of drug-likeness (QED) is 0.775. The molecule has 5 heteroatoms. The van der Waals surface area contributed by atoms with E-state index in [-0.39, 0.29) is 25.5 Å². The largest absolute Gasteiger partial charge is 0.479 e. The number of aryl methyl sites for hydroxylation is 1. The van der Waals surface area contributed by atoms with Crippen molar-refractivity contribution in [2.24, 2.45) is 0 Å². The van der Waals surface area contributed by atoms with Crippen molar-refractivity contribution in [2.75, 3.05) is 13.2 Å². The zero-order valence-corrected chi connectivity index (χ0v) is 14.2. The maximum Gasteiger partial charge on any atom is 0.224 e. The first kappa shape index (κ1) is 18.5. The average molecular weight is 338 g/mol. The molecule has 0 heterocycles. The summed E-state index contributed by atoms with van der Waals surface area (Å²) in [5.74, 6) is 0.372. The van der Waals surface area contributed by atoms with Crippen molar-refractivity contribution in [1.29, 1.82) is 5.26 Å². The molecule has 0 spiro atoms. The molecular formula is C20H22N2O3. The Morgan fingerprint density at radius 3 is 2.64 bits per heavy atom. The van der Waals surface area contributed by atoms with Crippen molar-refractivity contribution >= 4 is 5.91 Å². The fraction of sp³-hybridized carbons (Fsp3) is 0.300. The summed E-state index contributed by atoms with van der Waals surface area (Å²) < 4.78 is 5.24. The number of hydrogen-bond donors (Lipinski definition) is 2. The van der Waals surface area contributed by atoms with Crippen LogP contribution in [0.4, 0.5) is 0 Å². The van der Waals surface area contributed by atoms with Gasteiger partial charge >= 0.3 is 0 Å². The van der Waals surface area contributed by atoms with Crippen LogP contribution in [0.15, 0.2) is 48.5 Å². The molecule has 0 aliphatic heterocycles. The maximum atomic E-state index is 12.3. The SMILES string of the molecule is CCc1ccc(C(CO)NC(=O)Cc2cccc(OCC#N)c2)cc1. The van der Waals surface area contributed by atoms with Gasteiger partial charge in [-0.2, -0.15) is 5.26 Å². The first-order valence-electron chi connectivity index (χ1n) is 8.24. The highest BCUT2D eigenvalue weighted by atomic mass is 16.5. The van der Waals surface area contributed by atoms with E-state index in [0.29, 0.717) is 5.75 Å². The Hall–Kier alpha value is -2.84. The number of amides is 1. The van der Waals surface area contributed by atoms with Crippen LogP contribution in [-0.2, 0) is 17.6 Å². The molecule has 0 aromatic heterocycles. The summed E-state index contributed by atoms with van der Waals surface area (Å²) in [6.07, 6.45) is 1.12. The van der Waals surface area contributed by atoms with Crippen LogP contribution >= 0.6 is 0 Å². The van der Waals surface area contributed by atoms with Gasteiger partial charge in [-0.1, -0.05) is 43.3 Å². The van der Waals surface area contributed by atoms with E-state index in [9.17, 15) is 9.90 Å². The minimum absolute atomic E-state index is 0.0318. The molecule has 130 valence electrons. The third kappa shape index (κ3) is 5.63. The van der Waals surface area contributed by atoms with Crippen LogP contribution in [0.2, 0.25) is 0 Å². The molecule has 25 heavy (non-hydrogen) atoms. The van der Waals surface area contributed by atoms with E-state index in [1.807, 2.05) is 36.4 Å². The lowest BCUT2D eigenvalue weighted by atomic mass is 10.0. The standard InChI is InChI=1S/C20H22N2O3/c1-2-15-6-8-17(9-7-15)19(14-23)22-20(24)13-16-4-3-5-18(12-16)25-11-10-21/h3-9,12,19,23H,2,11,13-14H2,1H3,(H,22,24). The molecule has 0 bridgehead atoms. The molecular weight excluding hydrogens is 316 g/mol. The Morgan fingerprint density at radius 1 is 1.24 bits per heavy atom. The number of nitrogens with zero attached hydrogens (tertiary/aromatic N) is 1. The van der Waals surface area contributed by atoms with Crippen LogP contribution in [0.3, 0.4) is 0 Å². The molecule has 0 saturated heterocycles. The highest BCUT2D eigenvalue weighted by Crippen LogP contribution is 2.16. The smallest absolute Gasteiger partial charge is 0.224 e. The third-order valence-corrected chi connectivity index (χ3v) is 3.87. The lowest BCUT2D eigenvalue weighted by Crippen LogP contribution is -2.31. The van der Waals surface area contributed by atoms with E-state index in [1.165, 1.54) is 5.56 Å². The first-order valence-corrected chi connectivity index (χ1v) is 8.24. The predicted molar refractivity (Wildman–Crippen MR) is 95.0 cm³/mol. The lowest BCUT2D eigenvalue weighted by Gasteiger charge is -2.17. The molecule has 0 aliphatic carbocycles. The zero-order valence-electron chi connectivity index (χ0n) is 14.2. The summed E-state index contributed by atoms with van der Waals surface area (Å²) in [5.41, 5.74) is 2.87. The van der Waals surface area contributed by atoms with Crippen molar-refractivity contribution in [3.63, 3.8) is 0 Å².